The highest BCUT2D eigenvalue weighted by atomic mass is 16.5. The van der Waals surface area contributed by atoms with Gasteiger partial charge in [0.05, 0.1) is 6.54 Å². The lowest BCUT2D eigenvalue weighted by molar-refractivity contribution is 0.186. The molecule has 0 bridgehead atoms. The molecule has 4 rings (SSSR count). The van der Waals surface area contributed by atoms with Crippen molar-refractivity contribution in [1.82, 2.24) is 20.0 Å². The lowest BCUT2D eigenvalue weighted by Gasteiger charge is -2.30. The van der Waals surface area contributed by atoms with Crippen LogP contribution in [0.25, 0.3) is 11.4 Å². The van der Waals surface area contributed by atoms with Gasteiger partial charge in [0, 0.05) is 24.0 Å². The molecule has 1 fully saturated rings. The van der Waals surface area contributed by atoms with E-state index in [0.29, 0.717) is 30.2 Å². The van der Waals surface area contributed by atoms with Crippen LogP contribution in [0.3, 0.4) is 0 Å². The van der Waals surface area contributed by atoms with E-state index in [1.165, 1.54) is 18.4 Å². The van der Waals surface area contributed by atoms with E-state index in [0.717, 1.165) is 18.5 Å². The van der Waals surface area contributed by atoms with Gasteiger partial charge < -0.3 is 4.52 Å². The minimum absolute atomic E-state index is 0.524. The molecule has 2 atom stereocenters. The highest BCUT2D eigenvalue weighted by Gasteiger charge is 2.32. The number of nitrogens with zero attached hydrogens (tertiary/aromatic N) is 4. The fourth-order valence-electron chi connectivity index (χ4n) is 4.04. The van der Waals surface area contributed by atoms with Crippen LogP contribution >= 0.6 is 0 Å². The number of hydrogen-bond donors (Lipinski definition) is 0. The number of benzene rings is 1. The van der Waals surface area contributed by atoms with E-state index >= 15 is 0 Å². The molecular weight excluding hydrogens is 324 g/mol. The summed E-state index contributed by atoms with van der Waals surface area (Å²) in [6.07, 6.45) is 7.08. The summed E-state index contributed by atoms with van der Waals surface area (Å²) in [6, 6.07) is 15.2. The van der Waals surface area contributed by atoms with Gasteiger partial charge in [-0.3, -0.25) is 9.88 Å². The molecule has 0 spiro atoms. The van der Waals surface area contributed by atoms with Crippen molar-refractivity contribution in [3.05, 3.63) is 66.3 Å². The molecule has 0 aliphatic carbocycles. The second-order valence-electron chi connectivity index (χ2n) is 6.86. The monoisotopic (exact) mass is 348 g/mol. The Bertz CT molecular complexity index is 818. The summed E-state index contributed by atoms with van der Waals surface area (Å²) in [4.78, 5) is 11.2. The van der Waals surface area contributed by atoms with Gasteiger partial charge in [-0.2, -0.15) is 4.98 Å². The van der Waals surface area contributed by atoms with Crippen LogP contribution in [-0.4, -0.2) is 32.6 Å². The molecule has 1 aliphatic heterocycles. The Morgan fingerprint density at radius 3 is 2.85 bits per heavy atom. The maximum absolute atomic E-state index is 5.52. The summed E-state index contributed by atoms with van der Waals surface area (Å²) in [5, 5.41) is 4.12. The molecule has 3 aromatic rings. The molecule has 0 unspecified atom stereocenters. The molecule has 134 valence electrons. The van der Waals surface area contributed by atoms with Crippen molar-refractivity contribution in [1.29, 1.82) is 0 Å². The van der Waals surface area contributed by atoms with Crippen molar-refractivity contribution in [2.24, 2.45) is 0 Å². The van der Waals surface area contributed by atoms with Gasteiger partial charge in [0.1, 0.15) is 0 Å². The number of likely N-dealkylation sites (tertiary alicyclic amines) is 1. The largest absolute Gasteiger partial charge is 0.338 e. The summed E-state index contributed by atoms with van der Waals surface area (Å²) >= 11 is 0. The zero-order valence-electron chi connectivity index (χ0n) is 15.1. The van der Waals surface area contributed by atoms with Gasteiger partial charge in [0.15, 0.2) is 0 Å². The Morgan fingerprint density at radius 1 is 1.19 bits per heavy atom. The van der Waals surface area contributed by atoms with Gasteiger partial charge in [-0.1, -0.05) is 42.4 Å². The average molecular weight is 348 g/mol. The summed E-state index contributed by atoms with van der Waals surface area (Å²) in [7, 11) is 0. The second kappa shape index (κ2) is 7.79. The van der Waals surface area contributed by atoms with Gasteiger partial charge in [-0.25, -0.2) is 0 Å². The van der Waals surface area contributed by atoms with E-state index in [4.69, 9.17) is 4.52 Å². The highest BCUT2D eigenvalue weighted by Crippen LogP contribution is 2.34. The fraction of sp³-hybridized carbons (Fsp3) is 0.381. The smallest absolute Gasteiger partial charge is 0.241 e. The van der Waals surface area contributed by atoms with Crippen LogP contribution in [0.15, 0.2) is 59.4 Å². The van der Waals surface area contributed by atoms with Crippen molar-refractivity contribution in [2.45, 2.75) is 44.7 Å². The molecule has 26 heavy (non-hydrogen) atoms. The van der Waals surface area contributed by atoms with E-state index in [1.807, 2.05) is 12.1 Å². The van der Waals surface area contributed by atoms with Gasteiger partial charge >= 0.3 is 0 Å². The van der Waals surface area contributed by atoms with Gasteiger partial charge in [0.2, 0.25) is 11.7 Å². The molecule has 0 radical (unpaired) electrons. The van der Waals surface area contributed by atoms with Gasteiger partial charge in [-0.15, -0.1) is 0 Å². The van der Waals surface area contributed by atoms with E-state index in [2.05, 4.69) is 57.3 Å². The Hall–Kier alpha value is -2.53. The number of rotatable bonds is 6. The Balaban J connectivity index is 1.50. The zero-order valence-corrected chi connectivity index (χ0v) is 15.1. The maximum Gasteiger partial charge on any atom is 0.241 e. The predicted octanol–water partition coefficient (Wildman–Crippen LogP) is 4.29. The van der Waals surface area contributed by atoms with Crippen molar-refractivity contribution < 1.29 is 4.52 Å². The molecule has 1 aromatic carbocycles. The number of hydrogen-bond acceptors (Lipinski definition) is 5. The molecule has 5 nitrogen and oxygen atoms in total. The third kappa shape index (κ3) is 3.53. The molecule has 2 aromatic heterocycles. The van der Waals surface area contributed by atoms with Crippen LogP contribution in [-0.2, 0) is 6.54 Å². The molecule has 0 saturated carbocycles. The standard InChI is InChI=1S/C21H24N4O/c1-2-18(16-8-4-3-5-9-16)19-11-7-13-25(19)15-20-23-21(24-26-20)17-10-6-12-22-14-17/h3-6,8-10,12,14,18-19H,2,7,11,13,15H2,1H3/t18-,19+/m0/s1. The molecular formula is C21H24N4O. The normalized spacial score (nSPS) is 18.9. The molecule has 0 amide bonds. The first-order chi connectivity index (χ1) is 12.8. The van der Waals surface area contributed by atoms with E-state index < -0.39 is 0 Å². The number of pyridine rings is 1. The van der Waals surface area contributed by atoms with Crippen molar-refractivity contribution in [2.75, 3.05) is 6.54 Å². The quantitative estimate of drug-likeness (QED) is 0.665. The first kappa shape index (κ1) is 16.9. The van der Waals surface area contributed by atoms with E-state index in [9.17, 15) is 0 Å². The SMILES string of the molecule is CC[C@@H](c1ccccc1)[C@H]1CCCN1Cc1nc(-c2cccnc2)no1. The first-order valence-electron chi connectivity index (χ1n) is 9.37. The van der Waals surface area contributed by atoms with Crippen molar-refractivity contribution in [3.63, 3.8) is 0 Å². The first-order valence-corrected chi connectivity index (χ1v) is 9.37. The topological polar surface area (TPSA) is 55.1 Å². The van der Waals surface area contributed by atoms with E-state index in [-0.39, 0.29) is 0 Å². The second-order valence-corrected chi connectivity index (χ2v) is 6.86. The van der Waals surface area contributed by atoms with Crippen LogP contribution in [0, 0.1) is 0 Å². The zero-order chi connectivity index (χ0) is 17.8. The van der Waals surface area contributed by atoms with Crippen LogP contribution < -0.4 is 0 Å². The molecule has 1 aliphatic rings. The number of aromatic nitrogens is 3. The van der Waals surface area contributed by atoms with Crippen molar-refractivity contribution >= 4 is 0 Å². The minimum Gasteiger partial charge on any atom is -0.338 e. The molecule has 0 N–H and O–H groups in total. The van der Waals surface area contributed by atoms with Crippen LogP contribution in [0.5, 0.6) is 0 Å². The molecule has 5 heteroatoms. The fourth-order valence-corrected chi connectivity index (χ4v) is 4.04. The van der Waals surface area contributed by atoms with Crippen LogP contribution in [0.2, 0.25) is 0 Å². The summed E-state index contributed by atoms with van der Waals surface area (Å²) in [6.45, 7) is 4.07. The maximum atomic E-state index is 5.52. The van der Waals surface area contributed by atoms with Crippen LogP contribution in [0.4, 0.5) is 0 Å². The van der Waals surface area contributed by atoms with Gasteiger partial charge in [-0.05, 0) is 49.4 Å². The Morgan fingerprint density at radius 2 is 2.08 bits per heavy atom. The third-order valence-corrected chi connectivity index (χ3v) is 5.27. The predicted molar refractivity (Wildman–Crippen MR) is 100 cm³/mol. The van der Waals surface area contributed by atoms with Crippen LogP contribution in [0.1, 0.15) is 43.6 Å². The summed E-state index contributed by atoms with van der Waals surface area (Å²) in [5.41, 5.74) is 2.31. The minimum atomic E-state index is 0.524. The highest BCUT2D eigenvalue weighted by molar-refractivity contribution is 5.51. The third-order valence-electron chi connectivity index (χ3n) is 5.27. The lowest BCUT2D eigenvalue weighted by atomic mass is 9.88. The van der Waals surface area contributed by atoms with E-state index in [1.54, 1.807) is 12.4 Å². The summed E-state index contributed by atoms with van der Waals surface area (Å²) in [5.74, 6) is 1.83. The Labute approximate surface area is 154 Å². The Kier molecular flexibility index (Phi) is 5.07. The summed E-state index contributed by atoms with van der Waals surface area (Å²) < 4.78 is 5.52. The van der Waals surface area contributed by atoms with Crippen molar-refractivity contribution in [3.8, 4) is 11.4 Å². The molecule has 1 saturated heterocycles. The lowest BCUT2D eigenvalue weighted by Crippen LogP contribution is -2.34. The van der Waals surface area contributed by atoms with Gasteiger partial charge in [0.25, 0.3) is 0 Å². The average Bonchev–Trinajstić information content (AvgIpc) is 3.35. The molecule has 3 heterocycles.